The van der Waals surface area contributed by atoms with Crippen molar-refractivity contribution < 1.29 is 0 Å². The topological polar surface area (TPSA) is 0 Å². The Balaban J connectivity index is 3.02. The van der Waals surface area contributed by atoms with Crippen molar-refractivity contribution in [3.05, 3.63) is 91.1 Å². The highest BCUT2D eigenvalue weighted by Gasteiger charge is 1.96. The van der Waals surface area contributed by atoms with E-state index in [0.717, 1.165) is 11.1 Å². The summed E-state index contributed by atoms with van der Waals surface area (Å²) in [6, 6.07) is 10.3. The standard InChI is InChI=1S/C17H18/c1-4-6-11-15(3)14-17(10-5-2)16-12-8-7-9-13-16/h4-14H,1,3H2,2H3. The monoisotopic (exact) mass is 222 g/mol. The number of hydrogen-bond acceptors (Lipinski definition) is 0. The Labute approximate surface area is 104 Å². The van der Waals surface area contributed by atoms with Crippen molar-refractivity contribution in [2.45, 2.75) is 6.92 Å². The van der Waals surface area contributed by atoms with E-state index in [1.165, 1.54) is 5.56 Å². The minimum absolute atomic E-state index is 0.960. The second kappa shape index (κ2) is 7.24. The van der Waals surface area contributed by atoms with Gasteiger partial charge in [0, 0.05) is 0 Å². The van der Waals surface area contributed by atoms with Gasteiger partial charge in [-0.1, -0.05) is 73.9 Å². The third-order valence-electron chi connectivity index (χ3n) is 2.24. The Kier molecular flexibility index (Phi) is 5.53. The van der Waals surface area contributed by atoms with Crippen molar-refractivity contribution in [2.75, 3.05) is 0 Å². The number of rotatable bonds is 5. The summed E-state index contributed by atoms with van der Waals surface area (Å²) in [6.07, 6.45) is 11.8. The van der Waals surface area contributed by atoms with E-state index >= 15 is 0 Å². The average Bonchev–Trinajstić information content (AvgIpc) is 2.37. The van der Waals surface area contributed by atoms with Crippen LogP contribution in [0.25, 0.3) is 5.57 Å². The average molecular weight is 222 g/mol. The normalized spacial score (nSPS) is 12.2. The Morgan fingerprint density at radius 3 is 2.41 bits per heavy atom. The first kappa shape index (κ1) is 13.0. The van der Waals surface area contributed by atoms with Gasteiger partial charge in [-0.2, -0.15) is 0 Å². The van der Waals surface area contributed by atoms with Crippen LogP contribution in [0.5, 0.6) is 0 Å². The summed E-state index contributed by atoms with van der Waals surface area (Å²) in [5.41, 5.74) is 3.31. The first-order chi connectivity index (χ1) is 8.27. The highest BCUT2D eigenvalue weighted by molar-refractivity contribution is 5.76. The van der Waals surface area contributed by atoms with Crippen molar-refractivity contribution in [3.63, 3.8) is 0 Å². The summed E-state index contributed by atoms with van der Waals surface area (Å²) in [6.45, 7) is 9.65. The molecule has 0 spiro atoms. The largest absolute Gasteiger partial charge is 0.0991 e. The Bertz CT molecular complexity index is 456. The zero-order valence-electron chi connectivity index (χ0n) is 10.3. The predicted octanol–water partition coefficient (Wildman–Crippen LogP) is 4.94. The smallest absolute Gasteiger partial charge is 0.0182 e. The molecule has 86 valence electrons. The van der Waals surface area contributed by atoms with E-state index < -0.39 is 0 Å². The molecule has 0 aromatic heterocycles. The highest BCUT2D eigenvalue weighted by atomic mass is 14.0. The van der Waals surface area contributed by atoms with Gasteiger partial charge in [0.15, 0.2) is 0 Å². The molecule has 0 atom stereocenters. The van der Waals surface area contributed by atoms with Crippen LogP contribution >= 0.6 is 0 Å². The summed E-state index contributed by atoms with van der Waals surface area (Å²) < 4.78 is 0. The molecule has 1 aromatic carbocycles. The summed E-state index contributed by atoms with van der Waals surface area (Å²) >= 11 is 0. The van der Waals surface area contributed by atoms with Gasteiger partial charge >= 0.3 is 0 Å². The Morgan fingerprint density at radius 2 is 1.82 bits per heavy atom. The lowest BCUT2D eigenvalue weighted by molar-refractivity contribution is 1.59. The maximum absolute atomic E-state index is 3.99. The molecule has 0 heterocycles. The lowest BCUT2D eigenvalue weighted by Gasteiger charge is -2.02. The molecule has 0 unspecified atom stereocenters. The van der Waals surface area contributed by atoms with Gasteiger partial charge in [0.25, 0.3) is 0 Å². The molecule has 0 nitrogen and oxygen atoms in total. The molecule has 0 saturated carbocycles. The molecule has 0 fully saturated rings. The lowest BCUT2D eigenvalue weighted by Crippen LogP contribution is -1.81. The number of allylic oxidation sites excluding steroid dienone is 8. The zero-order chi connectivity index (χ0) is 12.5. The first-order valence-electron chi connectivity index (χ1n) is 5.65. The predicted molar refractivity (Wildman–Crippen MR) is 77.7 cm³/mol. The van der Waals surface area contributed by atoms with Crippen LogP contribution in [0.15, 0.2) is 85.5 Å². The highest BCUT2D eigenvalue weighted by Crippen LogP contribution is 2.17. The van der Waals surface area contributed by atoms with Crippen LogP contribution in [0.3, 0.4) is 0 Å². The van der Waals surface area contributed by atoms with E-state index in [9.17, 15) is 0 Å². The molecular weight excluding hydrogens is 204 g/mol. The van der Waals surface area contributed by atoms with Gasteiger partial charge in [-0.3, -0.25) is 0 Å². The third kappa shape index (κ3) is 4.52. The lowest BCUT2D eigenvalue weighted by atomic mass is 10.0. The molecule has 17 heavy (non-hydrogen) atoms. The van der Waals surface area contributed by atoms with E-state index in [2.05, 4.69) is 37.4 Å². The van der Waals surface area contributed by atoms with Gasteiger partial charge in [-0.15, -0.1) is 0 Å². The van der Waals surface area contributed by atoms with Crippen molar-refractivity contribution in [1.82, 2.24) is 0 Å². The second-order valence-corrected chi connectivity index (χ2v) is 3.64. The molecule has 0 radical (unpaired) electrons. The minimum atomic E-state index is 0.960. The molecule has 0 bridgehead atoms. The van der Waals surface area contributed by atoms with Crippen LogP contribution in [-0.2, 0) is 0 Å². The third-order valence-corrected chi connectivity index (χ3v) is 2.24. The van der Waals surface area contributed by atoms with Gasteiger partial charge in [-0.05, 0) is 29.7 Å². The van der Waals surface area contributed by atoms with Crippen molar-refractivity contribution in [1.29, 1.82) is 0 Å². The molecule has 0 amide bonds. The van der Waals surface area contributed by atoms with Gasteiger partial charge in [0.05, 0.1) is 0 Å². The fraction of sp³-hybridized carbons (Fsp3) is 0.0588. The quantitative estimate of drug-likeness (QED) is 0.619. The van der Waals surface area contributed by atoms with Gasteiger partial charge in [0.1, 0.15) is 0 Å². The second-order valence-electron chi connectivity index (χ2n) is 3.64. The summed E-state index contributed by atoms with van der Waals surface area (Å²) in [7, 11) is 0. The van der Waals surface area contributed by atoms with E-state index in [0.29, 0.717) is 0 Å². The van der Waals surface area contributed by atoms with Crippen molar-refractivity contribution in [3.8, 4) is 0 Å². The maximum atomic E-state index is 3.99. The van der Waals surface area contributed by atoms with Crippen LogP contribution in [0.1, 0.15) is 12.5 Å². The summed E-state index contributed by atoms with van der Waals surface area (Å²) in [4.78, 5) is 0. The van der Waals surface area contributed by atoms with Gasteiger partial charge < -0.3 is 0 Å². The van der Waals surface area contributed by atoms with Crippen LogP contribution in [0, 0.1) is 0 Å². The van der Waals surface area contributed by atoms with Crippen LogP contribution < -0.4 is 0 Å². The number of hydrogen-bond donors (Lipinski definition) is 0. The Morgan fingerprint density at radius 1 is 1.12 bits per heavy atom. The van der Waals surface area contributed by atoms with Crippen molar-refractivity contribution in [2.24, 2.45) is 0 Å². The molecule has 0 aliphatic heterocycles. The van der Waals surface area contributed by atoms with Gasteiger partial charge in [-0.25, -0.2) is 0 Å². The fourth-order valence-electron chi connectivity index (χ4n) is 1.48. The summed E-state index contributed by atoms with van der Waals surface area (Å²) in [5, 5.41) is 0. The van der Waals surface area contributed by atoms with E-state index in [4.69, 9.17) is 0 Å². The van der Waals surface area contributed by atoms with Gasteiger partial charge in [0.2, 0.25) is 0 Å². The van der Waals surface area contributed by atoms with E-state index in [1.54, 1.807) is 6.08 Å². The molecule has 0 aliphatic rings. The van der Waals surface area contributed by atoms with E-state index in [-0.39, 0.29) is 0 Å². The minimum Gasteiger partial charge on any atom is -0.0991 e. The molecular formula is C17H18. The SMILES string of the molecule is C=CC=CC(=C)C=C(C=CC)c1ccccc1. The van der Waals surface area contributed by atoms with Crippen LogP contribution in [0.2, 0.25) is 0 Å². The van der Waals surface area contributed by atoms with E-state index in [1.807, 2.05) is 43.4 Å². The van der Waals surface area contributed by atoms with Crippen molar-refractivity contribution >= 4 is 5.57 Å². The molecule has 0 saturated heterocycles. The maximum Gasteiger partial charge on any atom is -0.0182 e. The Hall–Kier alpha value is -2.08. The number of benzene rings is 1. The molecule has 1 aromatic rings. The molecule has 0 aliphatic carbocycles. The summed E-state index contributed by atoms with van der Waals surface area (Å²) in [5.74, 6) is 0. The molecule has 0 N–H and O–H groups in total. The zero-order valence-corrected chi connectivity index (χ0v) is 10.3. The van der Waals surface area contributed by atoms with Crippen LogP contribution in [-0.4, -0.2) is 0 Å². The van der Waals surface area contributed by atoms with Crippen LogP contribution in [0.4, 0.5) is 0 Å². The molecule has 1 rings (SSSR count). The molecule has 0 heteroatoms. The first-order valence-corrected chi connectivity index (χ1v) is 5.65. The fourth-order valence-corrected chi connectivity index (χ4v) is 1.48.